The smallest absolute Gasteiger partial charge is 0.240 e. The van der Waals surface area contributed by atoms with Gasteiger partial charge in [-0.15, -0.1) is 0 Å². The van der Waals surface area contributed by atoms with Crippen molar-refractivity contribution in [2.24, 2.45) is 5.73 Å². The molecule has 5 heteroatoms. The van der Waals surface area contributed by atoms with Gasteiger partial charge in [-0.3, -0.25) is 0 Å². The fourth-order valence-corrected chi connectivity index (χ4v) is 1.68. The molecule has 0 amide bonds. The summed E-state index contributed by atoms with van der Waals surface area (Å²) in [6.45, 7) is 3.92. The van der Waals surface area contributed by atoms with Crippen molar-refractivity contribution in [3.63, 3.8) is 0 Å². The summed E-state index contributed by atoms with van der Waals surface area (Å²) in [6.07, 6.45) is 0.626. The lowest BCUT2D eigenvalue weighted by Gasteiger charge is -2.05. The third-order valence-electron chi connectivity index (χ3n) is 2.66. The quantitative estimate of drug-likeness (QED) is 0.885. The summed E-state index contributed by atoms with van der Waals surface area (Å²) in [7, 11) is 0. The zero-order valence-corrected chi connectivity index (χ0v) is 9.83. The van der Waals surface area contributed by atoms with Gasteiger partial charge in [0.15, 0.2) is 0 Å². The Labute approximate surface area is 98.6 Å². The number of aromatic nitrogens is 2. The molecule has 0 unspecified atom stereocenters. The van der Waals surface area contributed by atoms with E-state index < -0.39 is 0 Å². The van der Waals surface area contributed by atoms with Gasteiger partial charge in [-0.1, -0.05) is 12.1 Å². The first kappa shape index (κ1) is 11.7. The molecule has 2 aromatic rings. The molecule has 0 aliphatic heterocycles. The first-order chi connectivity index (χ1) is 8.15. The largest absolute Gasteiger partial charge is 0.338 e. The maximum absolute atomic E-state index is 13.5. The number of nitrogens with two attached hydrogens (primary N) is 1. The zero-order valence-electron chi connectivity index (χ0n) is 9.83. The van der Waals surface area contributed by atoms with E-state index in [2.05, 4.69) is 10.1 Å². The summed E-state index contributed by atoms with van der Waals surface area (Å²) in [5.74, 6) is 0.635. The fraction of sp³-hybridized carbons (Fsp3) is 0.333. The number of nitrogens with zero attached hydrogens (tertiary/aromatic N) is 2. The third-order valence-corrected chi connectivity index (χ3v) is 2.66. The molecule has 90 valence electrons. The van der Waals surface area contributed by atoms with E-state index in [1.54, 1.807) is 6.07 Å². The molecule has 0 spiro atoms. The predicted molar refractivity (Wildman–Crippen MR) is 61.7 cm³/mol. The van der Waals surface area contributed by atoms with Crippen molar-refractivity contribution in [1.29, 1.82) is 0 Å². The molecule has 2 N–H and O–H groups in total. The molecular weight excluding hydrogens is 221 g/mol. The molecular formula is C12H14FN3O. The van der Waals surface area contributed by atoms with Gasteiger partial charge in [0, 0.05) is 5.56 Å². The highest BCUT2D eigenvalue weighted by molar-refractivity contribution is 5.60. The van der Waals surface area contributed by atoms with Crippen LogP contribution in [-0.4, -0.2) is 10.1 Å². The Morgan fingerprint density at radius 2 is 2.18 bits per heavy atom. The minimum atomic E-state index is -0.198. The highest BCUT2D eigenvalue weighted by Gasteiger charge is 2.13. The molecule has 0 bridgehead atoms. The second-order valence-corrected chi connectivity index (χ2v) is 3.83. The maximum atomic E-state index is 13.5. The normalized spacial score (nSPS) is 10.8. The Kier molecular flexibility index (Phi) is 3.19. The van der Waals surface area contributed by atoms with Crippen LogP contribution in [0.5, 0.6) is 0 Å². The standard InChI is InChI=1S/C12H14FN3O/c1-3-8-5-9(7(2)4-10(8)13)12-15-11(6-14)17-16-12/h4-5H,3,6,14H2,1-2H3. The van der Waals surface area contributed by atoms with Gasteiger partial charge in [-0.05, 0) is 36.6 Å². The second kappa shape index (κ2) is 4.63. The molecule has 4 nitrogen and oxygen atoms in total. The van der Waals surface area contributed by atoms with Gasteiger partial charge in [0.2, 0.25) is 11.7 Å². The van der Waals surface area contributed by atoms with Gasteiger partial charge in [0.05, 0.1) is 6.54 Å². The van der Waals surface area contributed by atoms with Crippen molar-refractivity contribution in [3.05, 3.63) is 35.0 Å². The van der Waals surface area contributed by atoms with Crippen LogP contribution in [0.3, 0.4) is 0 Å². The first-order valence-electron chi connectivity index (χ1n) is 5.47. The highest BCUT2D eigenvalue weighted by atomic mass is 19.1. The van der Waals surface area contributed by atoms with Crippen LogP contribution in [-0.2, 0) is 13.0 Å². The van der Waals surface area contributed by atoms with Crippen LogP contribution in [0.25, 0.3) is 11.4 Å². The summed E-state index contributed by atoms with van der Waals surface area (Å²) < 4.78 is 18.5. The Bertz CT molecular complexity index is 537. The van der Waals surface area contributed by atoms with Crippen LogP contribution in [0.1, 0.15) is 23.9 Å². The molecule has 1 aromatic carbocycles. The number of rotatable bonds is 3. The SMILES string of the molecule is CCc1cc(-c2noc(CN)n2)c(C)cc1F. The van der Waals surface area contributed by atoms with Gasteiger partial charge >= 0.3 is 0 Å². The predicted octanol–water partition coefficient (Wildman–Crippen LogP) is 2.21. The van der Waals surface area contributed by atoms with E-state index in [1.165, 1.54) is 6.07 Å². The van der Waals surface area contributed by atoms with Gasteiger partial charge in [0.25, 0.3) is 0 Å². The van der Waals surface area contributed by atoms with E-state index in [1.807, 2.05) is 13.8 Å². The summed E-state index contributed by atoms with van der Waals surface area (Å²) in [5, 5.41) is 3.83. The van der Waals surface area contributed by atoms with Crippen molar-refractivity contribution < 1.29 is 8.91 Å². The van der Waals surface area contributed by atoms with E-state index in [9.17, 15) is 4.39 Å². The van der Waals surface area contributed by atoms with Crippen LogP contribution < -0.4 is 5.73 Å². The van der Waals surface area contributed by atoms with Gasteiger partial charge < -0.3 is 10.3 Å². The van der Waals surface area contributed by atoms with E-state index in [4.69, 9.17) is 10.3 Å². The van der Waals surface area contributed by atoms with E-state index in [0.717, 1.165) is 11.1 Å². The average Bonchev–Trinajstić information content (AvgIpc) is 2.78. The van der Waals surface area contributed by atoms with Gasteiger partial charge in [-0.2, -0.15) is 4.98 Å². The zero-order chi connectivity index (χ0) is 12.4. The highest BCUT2D eigenvalue weighted by Crippen LogP contribution is 2.24. The summed E-state index contributed by atoms with van der Waals surface area (Å²) >= 11 is 0. The number of hydrogen-bond donors (Lipinski definition) is 1. The molecule has 0 aliphatic rings. The van der Waals surface area contributed by atoms with E-state index in [0.29, 0.717) is 23.7 Å². The van der Waals surface area contributed by atoms with E-state index in [-0.39, 0.29) is 12.4 Å². The lowest BCUT2D eigenvalue weighted by atomic mass is 10.0. The average molecular weight is 235 g/mol. The summed E-state index contributed by atoms with van der Waals surface area (Å²) in [4.78, 5) is 4.14. The summed E-state index contributed by atoms with van der Waals surface area (Å²) in [5.41, 5.74) is 7.61. The molecule has 2 rings (SSSR count). The van der Waals surface area contributed by atoms with Crippen LogP contribution in [0.4, 0.5) is 4.39 Å². The Morgan fingerprint density at radius 3 is 2.76 bits per heavy atom. The van der Waals surface area contributed by atoms with Gasteiger partial charge in [-0.25, -0.2) is 4.39 Å². The van der Waals surface area contributed by atoms with Crippen molar-refractivity contribution >= 4 is 0 Å². The van der Waals surface area contributed by atoms with E-state index >= 15 is 0 Å². The lowest BCUT2D eigenvalue weighted by molar-refractivity contribution is 0.380. The van der Waals surface area contributed by atoms with Crippen LogP contribution >= 0.6 is 0 Å². The van der Waals surface area contributed by atoms with Crippen molar-refractivity contribution in [1.82, 2.24) is 10.1 Å². The lowest BCUT2D eigenvalue weighted by Crippen LogP contribution is -1.97. The Hall–Kier alpha value is -1.75. The topological polar surface area (TPSA) is 64.9 Å². The van der Waals surface area contributed by atoms with Crippen LogP contribution in [0, 0.1) is 12.7 Å². The molecule has 0 aliphatic carbocycles. The minimum absolute atomic E-state index is 0.198. The number of halogens is 1. The van der Waals surface area contributed by atoms with Crippen LogP contribution in [0.2, 0.25) is 0 Å². The number of benzene rings is 1. The number of hydrogen-bond acceptors (Lipinski definition) is 4. The molecule has 17 heavy (non-hydrogen) atoms. The molecule has 0 saturated carbocycles. The van der Waals surface area contributed by atoms with Crippen molar-refractivity contribution in [2.75, 3.05) is 0 Å². The van der Waals surface area contributed by atoms with Crippen molar-refractivity contribution in [2.45, 2.75) is 26.8 Å². The molecule has 1 aromatic heterocycles. The minimum Gasteiger partial charge on any atom is -0.338 e. The summed E-state index contributed by atoms with van der Waals surface area (Å²) in [6, 6.07) is 3.25. The maximum Gasteiger partial charge on any atom is 0.240 e. The fourth-order valence-electron chi connectivity index (χ4n) is 1.68. The molecule has 0 saturated heterocycles. The van der Waals surface area contributed by atoms with Crippen molar-refractivity contribution in [3.8, 4) is 11.4 Å². The Balaban J connectivity index is 2.50. The van der Waals surface area contributed by atoms with Gasteiger partial charge in [0.1, 0.15) is 5.82 Å². The number of aryl methyl sites for hydroxylation is 2. The second-order valence-electron chi connectivity index (χ2n) is 3.83. The third kappa shape index (κ3) is 2.19. The first-order valence-corrected chi connectivity index (χ1v) is 5.47. The molecule has 0 fully saturated rings. The Morgan fingerprint density at radius 1 is 1.41 bits per heavy atom. The monoisotopic (exact) mass is 235 g/mol. The molecule has 1 heterocycles. The molecule has 0 radical (unpaired) electrons. The van der Waals surface area contributed by atoms with Crippen LogP contribution in [0.15, 0.2) is 16.7 Å². The molecule has 0 atom stereocenters.